The van der Waals surface area contributed by atoms with Crippen molar-refractivity contribution in [3.63, 3.8) is 0 Å². The van der Waals surface area contributed by atoms with Crippen LogP contribution in [-0.4, -0.2) is 41.7 Å². The Kier molecular flexibility index (Phi) is 3.81. The van der Waals surface area contributed by atoms with Gasteiger partial charge in [0.05, 0.1) is 12.7 Å². The van der Waals surface area contributed by atoms with Gasteiger partial charge < -0.3 is 10.1 Å². The number of aromatic nitrogens is 6. The summed E-state index contributed by atoms with van der Waals surface area (Å²) in [7, 11) is 0. The lowest BCUT2D eigenvalue weighted by atomic mass is 10.1. The number of nitrogens with one attached hydrogen (secondary N) is 1. The van der Waals surface area contributed by atoms with E-state index in [9.17, 15) is 10.0 Å². The molecular formula is C17H15N7O2. The Morgan fingerprint density at radius 1 is 1.27 bits per heavy atom. The second-order valence-corrected chi connectivity index (χ2v) is 5.87. The molecule has 0 bridgehead atoms. The van der Waals surface area contributed by atoms with Gasteiger partial charge in [0.15, 0.2) is 5.82 Å². The number of hydrogen-bond donors (Lipinski definition) is 2. The van der Waals surface area contributed by atoms with Gasteiger partial charge in [0.2, 0.25) is 0 Å². The zero-order valence-electron chi connectivity index (χ0n) is 13.9. The number of carbonyl (C=O) groups excluding carboxylic acids is 1. The van der Waals surface area contributed by atoms with E-state index in [0.29, 0.717) is 28.0 Å². The Morgan fingerprint density at radius 2 is 2.15 bits per heavy atom. The van der Waals surface area contributed by atoms with Gasteiger partial charge in [0.1, 0.15) is 5.52 Å². The van der Waals surface area contributed by atoms with E-state index < -0.39 is 0 Å². The van der Waals surface area contributed by atoms with Gasteiger partial charge >= 0.3 is 0 Å². The Labute approximate surface area is 147 Å². The molecule has 0 fully saturated rings. The summed E-state index contributed by atoms with van der Waals surface area (Å²) < 4.78 is 0. The van der Waals surface area contributed by atoms with Crippen LogP contribution in [-0.2, 0) is 6.54 Å². The average molecular weight is 349 g/mol. The third-order valence-electron chi connectivity index (χ3n) is 4.04. The molecule has 0 spiro atoms. The van der Waals surface area contributed by atoms with Crippen LogP contribution in [0.2, 0.25) is 0 Å². The molecule has 0 saturated heterocycles. The minimum atomic E-state index is -0.186. The number of fused-ring (bicyclic) bond motifs is 1. The Morgan fingerprint density at radius 3 is 2.92 bits per heavy atom. The summed E-state index contributed by atoms with van der Waals surface area (Å²) in [5.41, 5.74) is 2.75. The minimum absolute atomic E-state index is 0.155. The molecular weight excluding hydrogens is 334 g/mol. The minimum Gasteiger partial charge on any atom is -0.411 e. The molecule has 0 aliphatic heterocycles. The molecule has 1 amide bonds. The van der Waals surface area contributed by atoms with Gasteiger partial charge in [0, 0.05) is 16.6 Å². The SMILES string of the molecule is Cc1cccc(C(=O)N(Cc2nn[nH]n2)c2ccc3c(cnn3O)c2)c1. The van der Waals surface area contributed by atoms with E-state index >= 15 is 0 Å². The number of nitrogens with zero attached hydrogens (tertiary/aromatic N) is 6. The van der Waals surface area contributed by atoms with Crippen LogP contribution in [0.4, 0.5) is 5.69 Å². The lowest BCUT2D eigenvalue weighted by Crippen LogP contribution is -2.31. The molecule has 0 saturated carbocycles. The summed E-state index contributed by atoms with van der Waals surface area (Å²) in [5, 5.41) is 28.0. The fourth-order valence-corrected chi connectivity index (χ4v) is 2.78. The van der Waals surface area contributed by atoms with Gasteiger partial charge in [0.25, 0.3) is 5.91 Å². The molecule has 2 aromatic carbocycles. The molecule has 26 heavy (non-hydrogen) atoms. The monoisotopic (exact) mass is 349 g/mol. The van der Waals surface area contributed by atoms with Crippen LogP contribution < -0.4 is 4.90 Å². The summed E-state index contributed by atoms with van der Waals surface area (Å²) >= 11 is 0. The van der Waals surface area contributed by atoms with Crippen LogP contribution in [0.1, 0.15) is 21.7 Å². The summed E-state index contributed by atoms with van der Waals surface area (Å²) in [6.45, 7) is 2.09. The maximum atomic E-state index is 13.1. The van der Waals surface area contributed by atoms with Gasteiger partial charge in [-0.15, -0.1) is 20.1 Å². The molecule has 0 aliphatic rings. The number of aromatic amines is 1. The molecule has 9 heteroatoms. The van der Waals surface area contributed by atoms with Crippen molar-refractivity contribution >= 4 is 22.5 Å². The normalized spacial score (nSPS) is 11.0. The summed E-state index contributed by atoms with van der Waals surface area (Å²) in [4.78, 5) is 15.5. The number of rotatable bonds is 4. The number of anilines is 1. The standard InChI is InChI=1S/C17H15N7O2/c1-11-3-2-4-12(7-11)17(25)23(10-16-19-21-22-20-16)14-5-6-15-13(8-14)9-18-24(15)26/h2-9,26H,10H2,1H3,(H,19,20,21,22). The molecule has 2 N–H and O–H groups in total. The molecule has 2 heterocycles. The molecule has 4 rings (SSSR count). The van der Waals surface area contributed by atoms with E-state index in [4.69, 9.17) is 0 Å². The van der Waals surface area contributed by atoms with Crippen LogP contribution in [0.25, 0.3) is 10.9 Å². The van der Waals surface area contributed by atoms with Crippen molar-refractivity contribution in [2.45, 2.75) is 13.5 Å². The molecule has 0 atom stereocenters. The van der Waals surface area contributed by atoms with E-state index in [1.807, 2.05) is 25.1 Å². The third-order valence-corrected chi connectivity index (χ3v) is 4.04. The first-order chi connectivity index (χ1) is 12.6. The van der Waals surface area contributed by atoms with Crippen molar-refractivity contribution in [3.8, 4) is 0 Å². The zero-order chi connectivity index (χ0) is 18.1. The molecule has 130 valence electrons. The average Bonchev–Trinajstić information content (AvgIpc) is 3.29. The van der Waals surface area contributed by atoms with E-state index in [2.05, 4.69) is 25.7 Å². The number of carbonyl (C=O) groups is 1. The third kappa shape index (κ3) is 2.86. The van der Waals surface area contributed by atoms with Crippen molar-refractivity contribution in [2.24, 2.45) is 0 Å². The molecule has 0 radical (unpaired) electrons. The summed E-state index contributed by atoms with van der Waals surface area (Å²) in [6.07, 6.45) is 1.53. The van der Waals surface area contributed by atoms with E-state index in [0.717, 1.165) is 10.4 Å². The maximum Gasteiger partial charge on any atom is 0.258 e. The highest BCUT2D eigenvalue weighted by Crippen LogP contribution is 2.24. The van der Waals surface area contributed by atoms with Crippen LogP contribution >= 0.6 is 0 Å². The van der Waals surface area contributed by atoms with Gasteiger partial charge in [-0.2, -0.15) is 5.21 Å². The molecule has 4 aromatic rings. The molecule has 9 nitrogen and oxygen atoms in total. The van der Waals surface area contributed by atoms with Crippen molar-refractivity contribution in [1.29, 1.82) is 0 Å². The van der Waals surface area contributed by atoms with Crippen molar-refractivity contribution in [3.05, 3.63) is 65.6 Å². The van der Waals surface area contributed by atoms with E-state index in [1.54, 1.807) is 29.2 Å². The first-order valence-corrected chi connectivity index (χ1v) is 7.90. The fraction of sp³-hybridized carbons (Fsp3) is 0.118. The largest absolute Gasteiger partial charge is 0.411 e. The highest BCUT2D eigenvalue weighted by Gasteiger charge is 2.21. The number of hydrogen-bond acceptors (Lipinski definition) is 6. The maximum absolute atomic E-state index is 13.1. The Hall–Kier alpha value is -3.75. The zero-order valence-corrected chi connectivity index (χ0v) is 13.9. The lowest BCUT2D eigenvalue weighted by molar-refractivity contribution is 0.0984. The molecule has 0 aliphatic carbocycles. The van der Waals surface area contributed by atoms with E-state index in [1.165, 1.54) is 6.20 Å². The van der Waals surface area contributed by atoms with Crippen molar-refractivity contribution < 1.29 is 10.0 Å². The summed E-state index contributed by atoms with van der Waals surface area (Å²) in [6, 6.07) is 12.6. The fourth-order valence-electron chi connectivity index (χ4n) is 2.78. The first kappa shape index (κ1) is 15.8. The Bertz CT molecular complexity index is 1070. The highest BCUT2D eigenvalue weighted by atomic mass is 16.5. The predicted octanol–water partition coefficient (Wildman–Crippen LogP) is 1.94. The number of amides is 1. The Balaban J connectivity index is 1.77. The second kappa shape index (κ2) is 6.28. The van der Waals surface area contributed by atoms with Crippen LogP contribution in [0, 0.1) is 6.92 Å². The van der Waals surface area contributed by atoms with Crippen LogP contribution in [0.3, 0.4) is 0 Å². The smallest absolute Gasteiger partial charge is 0.258 e. The molecule has 0 unspecified atom stereocenters. The van der Waals surface area contributed by atoms with Crippen LogP contribution in [0.5, 0.6) is 0 Å². The molecule has 2 aromatic heterocycles. The predicted molar refractivity (Wildman–Crippen MR) is 92.8 cm³/mol. The number of benzene rings is 2. The number of aryl methyl sites for hydroxylation is 1. The van der Waals surface area contributed by atoms with Gasteiger partial charge in [-0.3, -0.25) is 4.79 Å². The highest BCUT2D eigenvalue weighted by molar-refractivity contribution is 6.06. The van der Waals surface area contributed by atoms with Crippen molar-refractivity contribution in [2.75, 3.05) is 4.90 Å². The first-order valence-electron chi connectivity index (χ1n) is 7.90. The topological polar surface area (TPSA) is 113 Å². The van der Waals surface area contributed by atoms with Gasteiger partial charge in [-0.25, -0.2) is 0 Å². The lowest BCUT2D eigenvalue weighted by Gasteiger charge is -2.22. The van der Waals surface area contributed by atoms with Gasteiger partial charge in [-0.05, 0) is 37.3 Å². The van der Waals surface area contributed by atoms with Crippen LogP contribution in [0.15, 0.2) is 48.7 Å². The van der Waals surface area contributed by atoms with Crippen molar-refractivity contribution in [1.82, 2.24) is 30.6 Å². The number of H-pyrrole nitrogens is 1. The van der Waals surface area contributed by atoms with Gasteiger partial charge in [-0.1, -0.05) is 22.9 Å². The summed E-state index contributed by atoms with van der Waals surface area (Å²) in [5.74, 6) is 0.207. The second-order valence-electron chi connectivity index (χ2n) is 5.87. The number of tetrazole rings is 1. The van der Waals surface area contributed by atoms with E-state index in [-0.39, 0.29) is 12.5 Å². The quantitative estimate of drug-likeness (QED) is 0.545.